The fourth-order valence-electron chi connectivity index (χ4n) is 2.56. The van der Waals surface area contributed by atoms with E-state index in [1.807, 2.05) is 20.0 Å². The maximum absolute atomic E-state index is 12.2. The molecule has 0 saturated carbocycles. The summed E-state index contributed by atoms with van der Waals surface area (Å²) in [6, 6.07) is 1.86. The number of carbonyl (C=O) groups excluding carboxylic acids is 1. The molecule has 3 rings (SSSR count). The third kappa shape index (κ3) is 2.80. The van der Waals surface area contributed by atoms with Crippen LogP contribution >= 0.6 is 0 Å². The Bertz CT molecular complexity index is 716. The maximum Gasteiger partial charge on any atom is 0.253 e. The highest BCUT2D eigenvalue weighted by atomic mass is 16.1. The summed E-state index contributed by atoms with van der Waals surface area (Å²) in [5, 5.41) is 11.5. The van der Waals surface area contributed by atoms with Crippen molar-refractivity contribution in [1.82, 2.24) is 25.4 Å². The lowest BCUT2D eigenvalue weighted by Crippen LogP contribution is -2.29. The highest BCUT2D eigenvalue weighted by Gasteiger charge is 2.12. The van der Waals surface area contributed by atoms with E-state index in [0.717, 1.165) is 36.2 Å². The van der Waals surface area contributed by atoms with E-state index < -0.39 is 0 Å². The van der Waals surface area contributed by atoms with Crippen molar-refractivity contribution < 1.29 is 4.79 Å². The van der Waals surface area contributed by atoms with E-state index in [-0.39, 0.29) is 5.91 Å². The smallest absolute Gasteiger partial charge is 0.253 e. The van der Waals surface area contributed by atoms with Gasteiger partial charge in [0, 0.05) is 31.7 Å². The molecule has 2 N–H and O–H groups in total. The zero-order valence-corrected chi connectivity index (χ0v) is 12.3. The molecule has 3 heterocycles. The van der Waals surface area contributed by atoms with Crippen molar-refractivity contribution in [2.24, 2.45) is 7.05 Å². The summed E-state index contributed by atoms with van der Waals surface area (Å²) in [6.07, 6.45) is 4.73. The maximum atomic E-state index is 12.2. The Morgan fingerprint density at radius 1 is 1.52 bits per heavy atom. The zero-order valence-electron chi connectivity index (χ0n) is 12.3. The Morgan fingerprint density at radius 2 is 2.38 bits per heavy atom. The van der Waals surface area contributed by atoms with Crippen molar-refractivity contribution in [2.75, 3.05) is 19.6 Å². The van der Waals surface area contributed by atoms with Gasteiger partial charge in [-0.25, -0.2) is 4.98 Å². The number of nitrogens with zero attached hydrogens (tertiary/aromatic N) is 3. The fourth-order valence-corrected chi connectivity index (χ4v) is 2.56. The molecule has 0 unspecified atom stereocenters. The lowest BCUT2D eigenvalue weighted by Gasteiger charge is -2.14. The molecular formula is C15H19N5O. The van der Waals surface area contributed by atoms with Gasteiger partial charge in [-0.05, 0) is 26.0 Å². The van der Waals surface area contributed by atoms with Crippen LogP contribution in [0.1, 0.15) is 22.5 Å². The highest BCUT2D eigenvalue weighted by Crippen LogP contribution is 2.16. The van der Waals surface area contributed by atoms with Crippen LogP contribution in [-0.2, 0) is 7.05 Å². The summed E-state index contributed by atoms with van der Waals surface area (Å²) in [4.78, 5) is 16.6. The van der Waals surface area contributed by atoms with Gasteiger partial charge in [0.05, 0.1) is 11.3 Å². The van der Waals surface area contributed by atoms with Crippen molar-refractivity contribution in [3.63, 3.8) is 0 Å². The Morgan fingerprint density at radius 3 is 3.14 bits per heavy atom. The molecule has 6 heteroatoms. The topological polar surface area (TPSA) is 71.8 Å². The van der Waals surface area contributed by atoms with Gasteiger partial charge in [0.2, 0.25) is 0 Å². The van der Waals surface area contributed by atoms with Gasteiger partial charge in [-0.15, -0.1) is 0 Å². The first-order valence-electron chi connectivity index (χ1n) is 7.11. The van der Waals surface area contributed by atoms with Crippen LogP contribution in [-0.4, -0.2) is 40.3 Å². The Hall–Kier alpha value is -2.21. The second-order valence-electron chi connectivity index (χ2n) is 5.30. The minimum Gasteiger partial charge on any atom is -0.348 e. The second kappa shape index (κ2) is 5.65. The first-order valence-corrected chi connectivity index (χ1v) is 7.11. The van der Waals surface area contributed by atoms with E-state index in [4.69, 9.17) is 0 Å². The van der Waals surface area contributed by atoms with E-state index in [2.05, 4.69) is 26.8 Å². The lowest BCUT2D eigenvalue weighted by atomic mass is 10.1. The molecule has 2 aromatic rings. The van der Waals surface area contributed by atoms with Gasteiger partial charge in [-0.1, -0.05) is 11.6 Å². The Balaban J connectivity index is 1.75. The minimum absolute atomic E-state index is 0.0907. The average molecular weight is 285 g/mol. The Labute approximate surface area is 123 Å². The summed E-state index contributed by atoms with van der Waals surface area (Å²) in [7, 11) is 1.85. The van der Waals surface area contributed by atoms with Gasteiger partial charge in [-0.2, -0.15) is 5.10 Å². The molecule has 21 heavy (non-hydrogen) atoms. The number of aryl methyl sites for hydroxylation is 2. The van der Waals surface area contributed by atoms with Crippen molar-refractivity contribution in [1.29, 1.82) is 0 Å². The van der Waals surface area contributed by atoms with Crippen LogP contribution in [0.3, 0.4) is 0 Å². The quantitative estimate of drug-likeness (QED) is 0.823. The molecule has 0 aromatic carbocycles. The summed E-state index contributed by atoms with van der Waals surface area (Å²) < 4.78 is 1.73. The average Bonchev–Trinajstić information content (AvgIpc) is 2.80. The number of rotatable bonds is 3. The largest absolute Gasteiger partial charge is 0.348 e. The third-order valence-corrected chi connectivity index (χ3v) is 3.76. The lowest BCUT2D eigenvalue weighted by molar-refractivity contribution is 0.0956. The molecular weight excluding hydrogens is 266 g/mol. The van der Waals surface area contributed by atoms with Gasteiger partial charge in [0.1, 0.15) is 0 Å². The van der Waals surface area contributed by atoms with Gasteiger partial charge in [0.25, 0.3) is 5.91 Å². The van der Waals surface area contributed by atoms with E-state index >= 15 is 0 Å². The van der Waals surface area contributed by atoms with Crippen molar-refractivity contribution in [2.45, 2.75) is 13.3 Å². The minimum atomic E-state index is -0.0907. The predicted octanol–water partition coefficient (Wildman–Crippen LogP) is 0.926. The first kappa shape index (κ1) is 13.8. The van der Waals surface area contributed by atoms with Gasteiger partial charge >= 0.3 is 0 Å². The van der Waals surface area contributed by atoms with Crippen molar-refractivity contribution in [3.8, 4) is 0 Å². The summed E-state index contributed by atoms with van der Waals surface area (Å²) >= 11 is 0. The van der Waals surface area contributed by atoms with Crippen LogP contribution in [0.25, 0.3) is 11.0 Å². The molecule has 0 bridgehead atoms. The van der Waals surface area contributed by atoms with E-state index in [1.54, 1.807) is 10.9 Å². The number of aromatic nitrogens is 3. The number of hydrogen-bond acceptors (Lipinski definition) is 4. The molecule has 1 amide bonds. The SMILES string of the molecule is Cc1nn(C)c2ncc(C(=O)NCC3=CCNCC3)cc12. The summed E-state index contributed by atoms with van der Waals surface area (Å²) in [5.74, 6) is -0.0907. The molecule has 1 aliphatic rings. The predicted molar refractivity (Wildman–Crippen MR) is 81.1 cm³/mol. The van der Waals surface area contributed by atoms with Gasteiger partial charge in [-0.3, -0.25) is 9.48 Å². The molecule has 2 aromatic heterocycles. The zero-order chi connectivity index (χ0) is 14.8. The standard InChI is InChI=1S/C15H19N5O/c1-10-13-7-12(9-17-14(13)20(2)19-10)15(21)18-8-11-3-5-16-6-4-11/h3,7,9,16H,4-6,8H2,1-2H3,(H,18,21). The van der Waals surface area contributed by atoms with Crippen molar-refractivity contribution >= 4 is 16.9 Å². The number of amides is 1. The summed E-state index contributed by atoms with van der Waals surface area (Å²) in [6.45, 7) is 4.38. The molecule has 1 aliphatic heterocycles. The number of nitrogens with one attached hydrogen (secondary N) is 2. The molecule has 0 spiro atoms. The van der Waals surface area contributed by atoms with Gasteiger partial charge < -0.3 is 10.6 Å². The van der Waals surface area contributed by atoms with E-state index in [9.17, 15) is 4.79 Å². The highest BCUT2D eigenvalue weighted by molar-refractivity contribution is 5.97. The number of fused-ring (bicyclic) bond motifs is 1. The normalized spacial score (nSPS) is 15.0. The number of pyridine rings is 1. The van der Waals surface area contributed by atoms with Crippen molar-refractivity contribution in [3.05, 3.63) is 35.2 Å². The van der Waals surface area contributed by atoms with E-state index in [0.29, 0.717) is 12.1 Å². The van der Waals surface area contributed by atoms with Gasteiger partial charge in [0.15, 0.2) is 5.65 Å². The molecule has 0 fully saturated rings. The second-order valence-corrected chi connectivity index (χ2v) is 5.30. The first-order chi connectivity index (χ1) is 10.1. The molecule has 0 radical (unpaired) electrons. The molecule has 0 aliphatic carbocycles. The summed E-state index contributed by atoms with van der Waals surface area (Å²) in [5.41, 5.74) is 3.53. The van der Waals surface area contributed by atoms with Crippen LogP contribution in [0.5, 0.6) is 0 Å². The van der Waals surface area contributed by atoms with Crippen LogP contribution in [0.4, 0.5) is 0 Å². The Kier molecular flexibility index (Phi) is 3.70. The van der Waals surface area contributed by atoms with Crippen LogP contribution in [0.2, 0.25) is 0 Å². The van der Waals surface area contributed by atoms with Crippen LogP contribution < -0.4 is 10.6 Å². The van der Waals surface area contributed by atoms with Crippen LogP contribution in [0, 0.1) is 6.92 Å². The molecule has 0 saturated heterocycles. The fraction of sp³-hybridized carbons (Fsp3) is 0.400. The number of carbonyl (C=O) groups is 1. The molecule has 6 nitrogen and oxygen atoms in total. The molecule has 0 atom stereocenters. The number of hydrogen-bond donors (Lipinski definition) is 2. The van der Waals surface area contributed by atoms with E-state index in [1.165, 1.54) is 5.57 Å². The molecule has 110 valence electrons. The van der Waals surface area contributed by atoms with Crippen LogP contribution in [0.15, 0.2) is 23.9 Å². The monoisotopic (exact) mass is 285 g/mol. The third-order valence-electron chi connectivity index (χ3n) is 3.76.